The van der Waals surface area contributed by atoms with Crippen molar-refractivity contribution in [1.82, 2.24) is 4.90 Å². The Morgan fingerprint density at radius 2 is 1.93 bits per heavy atom. The highest BCUT2D eigenvalue weighted by atomic mass is 79.9. The molecule has 1 aromatic carbocycles. The molecule has 1 nitrogen and oxygen atoms in total. The number of rotatable bonds is 5. The van der Waals surface area contributed by atoms with Gasteiger partial charge >= 0.3 is 0 Å². The Kier molecular flexibility index (Phi) is 5.26. The zero-order chi connectivity index (χ0) is 11.3. The third-order valence-electron chi connectivity index (χ3n) is 2.27. The molecule has 0 aliphatic carbocycles. The van der Waals surface area contributed by atoms with Crippen LogP contribution < -0.4 is 0 Å². The van der Waals surface area contributed by atoms with Gasteiger partial charge in [-0.25, -0.2) is 4.39 Å². The number of benzene rings is 1. The summed E-state index contributed by atoms with van der Waals surface area (Å²) in [4.78, 5) is 2.79. The Labute approximate surface area is 99.4 Å². The molecule has 0 heterocycles. The standard InChI is InChI=1S/C12H17BrFN/c1-10(13)7-8-15(2)9-11-3-5-12(14)6-4-11/h3-6,10H,7-9H2,1-2H3. The molecule has 84 valence electrons. The van der Waals surface area contributed by atoms with Crippen LogP contribution in [-0.2, 0) is 6.54 Å². The summed E-state index contributed by atoms with van der Waals surface area (Å²) in [5.74, 6) is -0.171. The Hall–Kier alpha value is -0.410. The predicted molar refractivity (Wildman–Crippen MR) is 65.7 cm³/mol. The van der Waals surface area contributed by atoms with E-state index in [9.17, 15) is 4.39 Å². The smallest absolute Gasteiger partial charge is 0.123 e. The van der Waals surface area contributed by atoms with Crippen molar-refractivity contribution in [1.29, 1.82) is 0 Å². The van der Waals surface area contributed by atoms with Crippen molar-refractivity contribution in [2.45, 2.75) is 24.7 Å². The van der Waals surface area contributed by atoms with Crippen molar-refractivity contribution in [3.8, 4) is 0 Å². The Balaban J connectivity index is 2.37. The van der Waals surface area contributed by atoms with E-state index in [4.69, 9.17) is 0 Å². The monoisotopic (exact) mass is 273 g/mol. The first kappa shape index (κ1) is 12.7. The summed E-state index contributed by atoms with van der Waals surface area (Å²) in [6.07, 6.45) is 1.12. The normalized spacial score (nSPS) is 13.1. The van der Waals surface area contributed by atoms with Gasteiger partial charge in [0.1, 0.15) is 5.82 Å². The third-order valence-corrected chi connectivity index (χ3v) is 2.73. The summed E-state index contributed by atoms with van der Waals surface area (Å²) in [6.45, 7) is 4.07. The van der Waals surface area contributed by atoms with Crippen molar-refractivity contribution >= 4 is 15.9 Å². The SMILES string of the molecule is CC(Br)CCN(C)Cc1ccc(F)cc1. The lowest BCUT2D eigenvalue weighted by molar-refractivity contribution is 0.323. The molecule has 0 aromatic heterocycles. The van der Waals surface area contributed by atoms with Crippen LogP contribution in [0.25, 0.3) is 0 Å². The molecule has 1 atom stereocenters. The van der Waals surface area contributed by atoms with Crippen LogP contribution in [0, 0.1) is 5.82 Å². The molecular weight excluding hydrogens is 257 g/mol. The molecule has 0 saturated heterocycles. The molecule has 0 N–H and O–H groups in total. The minimum absolute atomic E-state index is 0.171. The zero-order valence-corrected chi connectivity index (χ0v) is 10.8. The van der Waals surface area contributed by atoms with Crippen molar-refractivity contribution in [2.75, 3.05) is 13.6 Å². The van der Waals surface area contributed by atoms with E-state index in [0.717, 1.165) is 25.1 Å². The van der Waals surface area contributed by atoms with Crippen LogP contribution in [0.3, 0.4) is 0 Å². The van der Waals surface area contributed by atoms with Crippen LogP contribution in [0.1, 0.15) is 18.9 Å². The number of alkyl halides is 1. The molecule has 0 aliphatic heterocycles. The topological polar surface area (TPSA) is 3.24 Å². The van der Waals surface area contributed by atoms with Crippen LogP contribution in [0.15, 0.2) is 24.3 Å². The number of hydrogen-bond donors (Lipinski definition) is 0. The van der Waals surface area contributed by atoms with E-state index in [0.29, 0.717) is 4.83 Å². The van der Waals surface area contributed by atoms with Crippen molar-refractivity contribution in [3.63, 3.8) is 0 Å². The predicted octanol–water partition coefficient (Wildman–Crippen LogP) is 3.43. The molecule has 0 fully saturated rings. The molecule has 1 aromatic rings. The van der Waals surface area contributed by atoms with Crippen molar-refractivity contribution in [3.05, 3.63) is 35.6 Å². The molecule has 1 rings (SSSR count). The average molecular weight is 274 g/mol. The van der Waals surface area contributed by atoms with Gasteiger partial charge in [-0.2, -0.15) is 0 Å². The van der Waals surface area contributed by atoms with Gasteiger partial charge < -0.3 is 4.90 Å². The lowest BCUT2D eigenvalue weighted by Crippen LogP contribution is -2.20. The second kappa shape index (κ2) is 6.23. The third kappa shape index (κ3) is 5.28. The first-order chi connectivity index (χ1) is 7.08. The van der Waals surface area contributed by atoms with E-state index in [1.807, 2.05) is 12.1 Å². The van der Waals surface area contributed by atoms with Crippen LogP contribution in [0.4, 0.5) is 4.39 Å². The summed E-state index contributed by atoms with van der Waals surface area (Å²) in [5.41, 5.74) is 1.15. The minimum atomic E-state index is -0.171. The van der Waals surface area contributed by atoms with Gasteiger partial charge in [-0.15, -0.1) is 0 Å². The molecule has 15 heavy (non-hydrogen) atoms. The molecule has 3 heteroatoms. The maximum absolute atomic E-state index is 12.7. The van der Waals surface area contributed by atoms with Gasteiger partial charge in [0.05, 0.1) is 0 Å². The first-order valence-electron chi connectivity index (χ1n) is 5.15. The Morgan fingerprint density at radius 1 is 1.33 bits per heavy atom. The summed E-state index contributed by atoms with van der Waals surface area (Å²) in [6, 6.07) is 6.69. The quantitative estimate of drug-likeness (QED) is 0.743. The molecular formula is C12H17BrFN. The van der Waals surface area contributed by atoms with Crippen molar-refractivity contribution < 1.29 is 4.39 Å². The van der Waals surface area contributed by atoms with E-state index in [1.54, 1.807) is 0 Å². The van der Waals surface area contributed by atoms with E-state index in [2.05, 4.69) is 34.8 Å². The van der Waals surface area contributed by atoms with Crippen LogP contribution >= 0.6 is 15.9 Å². The molecule has 0 amide bonds. The number of nitrogens with zero attached hydrogens (tertiary/aromatic N) is 1. The maximum Gasteiger partial charge on any atom is 0.123 e. The number of halogens is 2. The van der Waals surface area contributed by atoms with Crippen LogP contribution in [0.2, 0.25) is 0 Å². The van der Waals surface area contributed by atoms with Gasteiger partial charge in [0, 0.05) is 11.4 Å². The fourth-order valence-corrected chi connectivity index (χ4v) is 1.58. The van der Waals surface area contributed by atoms with E-state index < -0.39 is 0 Å². The zero-order valence-electron chi connectivity index (χ0n) is 9.21. The summed E-state index contributed by atoms with van der Waals surface area (Å²) in [5, 5.41) is 0. The summed E-state index contributed by atoms with van der Waals surface area (Å²) < 4.78 is 12.7. The highest BCUT2D eigenvalue weighted by molar-refractivity contribution is 9.09. The molecule has 0 aliphatic rings. The highest BCUT2D eigenvalue weighted by Gasteiger charge is 2.02. The summed E-state index contributed by atoms with van der Waals surface area (Å²) in [7, 11) is 2.08. The molecule has 0 spiro atoms. The van der Waals surface area contributed by atoms with Gasteiger partial charge in [-0.05, 0) is 37.7 Å². The second-order valence-electron chi connectivity index (χ2n) is 3.93. The number of hydrogen-bond acceptors (Lipinski definition) is 1. The van der Waals surface area contributed by atoms with E-state index >= 15 is 0 Å². The molecule has 0 saturated carbocycles. The molecule has 0 bridgehead atoms. The summed E-state index contributed by atoms with van der Waals surface area (Å²) >= 11 is 3.52. The molecule has 0 radical (unpaired) electrons. The van der Waals surface area contributed by atoms with Gasteiger partial charge in [0.2, 0.25) is 0 Å². The van der Waals surface area contributed by atoms with Gasteiger partial charge in [-0.3, -0.25) is 0 Å². The lowest BCUT2D eigenvalue weighted by Gasteiger charge is -2.17. The van der Waals surface area contributed by atoms with Crippen LogP contribution in [0.5, 0.6) is 0 Å². The minimum Gasteiger partial charge on any atom is -0.302 e. The molecule has 1 unspecified atom stereocenters. The largest absolute Gasteiger partial charge is 0.302 e. The van der Waals surface area contributed by atoms with Gasteiger partial charge in [0.15, 0.2) is 0 Å². The van der Waals surface area contributed by atoms with Gasteiger partial charge in [0.25, 0.3) is 0 Å². The fourth-order valence-electron chi connectivity index (χ4n) is 1.38. The first-order valence-corrected chi connectivity index (χ1v) is 6.06. The van der Waals surface area contributed by atoms with E-state index in [1.165, 1.54) is 12.1 Å². The van der Waals surface area contributed by atoms with Gasteiger partial charge in [-0.1, -0.05) is 35.0 Å². The lowest BCUT2D eigenvalue weighted by atomic mass is 10.2. The Morgan fingerprint density at radius 3 is 2.47 bits per heavy atom. The maximum atomic E-state index is 12.7. The van der Waals surface area contributed by atoms with E-state index in [-0.39, 0.29) is 5.82 Å². The van der Waals surface area contributed by atoms with Crippen molar-refractivity contribution in [2.24, 2.45) is 0 Å². The van der Waals surface area contributed by atoms with Crippen LogP contribution in [-0.4, -0.2) is 23.3 Å². The second-order valence-corrected chi connectivity index (χ2v) is 5.50. The fraction of sp³-hybridized carbons (Fsp3) is 0.500. The average Bonchev–Trinajstić information content (AvgIpc) is 2.19. The Bertz CT molecular complexity index is 284. The highest BCUT2D eigenvalue weighted by Crippen LogP contribution is 2.08.